The van der Waals surface area contributed by atoms with Gasteiger partial charge in [-0.2, -0.15) is 0 Å². The highest BCUT2D eigenvalue weighted by Gasteiger charge is 2.10. The molecule has 0 spiro atoms. The number of benzene rings is 2. The van der Waals surface area contributed by atoms with Crippen LogP contribution in [-0.4, -0.2) is 6.26 Å². The molecule has 16 heavy (non-hydrogen) atoms. The Labute approximate surface area is 122 Å². The van der Waals surface area contributed by atoms with E-state index in [0.717, 1.165) is 4.47 Å². The van der Waals surface area contributed by atoms with Crippen LogP contribution in [0.5, 0.6) is 0 Å². The van der Waals surface area contributed by atoms with Crippen molar-refractivity contribution in [3.8, 4) is 11.1 Å². The van der Waals surface area contributed by atoms with E-state index in [1.807, 2.05) is 6.07 Å². The lowest BCUT2D eigenvalue weighted by atomic mass is 10.1. The van der Waals surface area contributed by atoms with Crippen molar-refractivity contribution < 1.29 is 0 Å². The SMILES string of the molecule is CSc1c(-c2ccccc2)ccc(Br)c1I. The van der Waals surface area contributed by atoms with Gasteiger partial charge in [0.05, 0.1) is 0 Å². The van der Waals surface area contributed by atoms with Gasteiger partial charge in [0.1, 0.15) is 0 Å². The summed E-state index contributed by atoms with van der Waals surface area (Å²) in [6.07, 6.45) is 2.12. The van der Waals surface area contributed by atoms with Crippen molar-refractivity contribution in [1.82, 2.24) is 0 Å². The highest BCUT2D eigenvalue weighted by atomic mass is 127. The fourth-order valence-electron chi connectivity index (χ4n) is 1.58. The van der Waals surface area contributed by atoms with Crippen molar-refractivity contribution in [3.63, 3.8) is 0 Å². The van der Waals surface area contributed by atoms with Gasteiger partial charge >= 0.3 is 0 Å². The minimum atomic E-state index is 1.16. The maximum atomic E-state index is 3.57. The molecule has 0 radical (unpaired) electrons. The molecule has 0 atom stereocenters. The molecule has 0 heterocycles. The van der Waals surface area contributed by atoms with Crippen LogP contribution in [-0.2, 0) is 0 Å². The van der Waals surface area contributed by atoms with E-state index >= 15 is 0 Å². The Morgan fingerprint density at radius 2 is 1.75 bits per heavy atom. The lowest BCUT2D eigenvalue weighted by Gasteiger charge is -2.11. The number of thioether (sulfide) groups is 1. The van der Waals surface area contributed by atoms with Crippen molar-refractivity contribution >= 4 is 50.3 Å². The lowest BCUT2D eigenvalue weighted by Crippen LogP contribution is -1.87. The van der Waals surface area contributed by atoms with Crippen molar-refractivity contribution in [1.29, 1.82) is 0 Å². The highest BCUT2D eigenvalue weighted by molar-refractivity contribution is 14.1. The van der Waals surface area contributed by atoms with Crippen LogP contribution >= 0.6 is 50.3 Å². The van der Waals surface area contributed by atoms with E-state index in [0.29, 0.717) is 0 Å². The molecule has 0 aliphatic heterocycles. The molecule has 0 saturated heterocycles. The quantitative estimate of drug-likeness (QED) is 0.474. The zero-order valence-corrected chi connectivity index (χ0v) is 13.3. The molecule has 0 saturated carbocycles. The summed E-state index contributed by atoms with van der Waals surface area (Å²) in [6, 6.07) is 14.8. The molecule has 0 bridgehead atoms. The second kappa shape index (κ2) is 5.56. The van der Waals surface area contributed by atoms with E-state index < -0.39 is 0 Å². The molecule has 0 aliphatic rings. The second-order valence-corrected chi connectivity index (χ2v) is 6.06. The molecule has 0 aliphatic carbocycles. The summed E-state index contributed by atoms with van der Waals surface area (Å²) in [7, 11) is 0. The van der Waals surface area contributed by atoms with Crippen molar-refractivity contribution in [2.75, 3.05) is 6.26 Å². The Balaban J connectivity index is 2.62. The largest absolute Gasteiger partial charge is 0.128 e. The Kier molecular flexibility index (Phi) is 4.33. The van der Waals surface area contributed by atoms with Gasteiger partial charge in [-0.3, -0.25) is 0 Å². The Morgan fingerprint density at radius 1 is 1.06 bits per heavy atom. The maximum absolute atomic E-state index is 3.57. The molecule has 0 aromatic heterocycles. The van der Waals surface area contributed by atoms with Crippen LogP contribution < -0.4 is 0 Å². The molecular weight excluding hydrogens is 395 g/mol. The van der Waals surface area contributed by atoms with E-state index in [1.54, 1.807) is 11.8 Å². The van der Waals surface area contributed by atoms with Gasteiger partial charge in [0, 0.05) is 12.9 Å². The molecule has 0 fully saturated rings. The molecule has 0 amide bonds. The number of halogens is 2. The molecule has 2 aromatic carbocycles. The van der Waals surface area contributed by atoms with Crippen molar-refractivity contribution in [2.24, 2.45) is 0 Å². The average Bonchev–Trinajstić information content (AvgIpc) is 2.33. The van der Waals surface area contributed by atoms with Gasteiger partial charge in [0.2, 0.25) is 0 Å². The zero-order valence-electron chi connectivity index (χ0n) is 8.71. The molecule has 3 heteroatoms. The summed E-state index contributed by atoms with van der Waals surface area (Å²) >= 11 is 7.76. The fraction of sp³-hybridized carbons (Fsp3) is 0.0769. The standard InChI is InChI=1S/C13H10BrIS/c1-16-13-10(7-8-11(14)12(13)15)9-5-3-2-4-6-9/h2-8H,1H3. The normalized spacial score (nSPS) is 10.4. The van der Waals surface area contributed by atoms with Crippen LogP contribution in [0.2, 0.25) is 0 Å². The number of hydrogen-bond donors (Lipinski definition) is 0. The van der Waals surface area contributed by atoms with Gasteiger partial charge in [-0.05, 0) is 62.0 Å². The van der Waals surface area contributed by atoms with Crippen molar-refractivity contribution in [2.45, 2.75) is 4.90 Å². The van der Waals surface area contributed by atoms with Gasteiger partial charge in [-0.25, -0.2) is 0 Å². The minimum Gasteiger partial charge on any atom is -0.128 e. The smallest absolute Gasteiger partial charge is 0.0414 e. The summed E-state index contributed by atoms with van der Waals surface area (Å²) in [6.45, 7) is 0. The van der Waals surface area contributed by atoms with Crippen LogP contribution in [0, 0.1) is 3.57 Å². The Hall–Kier alpha value is -0.000000000000000111. The van der Waals surface area contributed by atoms with Gasteiger partial charge < -0.3 is 0 Å². The summed E-state index contributed by atoms with van der Waals surface area (Å²) in [5.74, 6) is 0. The fourth-order valence-corrected chi connectivity index (χ4v) is 3.86. The number of rotatable bonds is 2. The van der Waals surface area contributed by atoms with E-state index in [-0.39, 0.29) is 0 Å². The molecule has 82 valence electrons. The first-order valence-corrected chi connectivity index (χ1v) is 7.91. The molecule has 0 N–H and O–H groups in total. The van der Waals surface area contributed by atoms with E-state index in [2.05, 4.69) is 81.2 Å². The first-order chi connectivity index (χ1) is 7.74. The van der Waals surface area contributed by atoms with Crippen molar-refractivity contribution in [3.05, 3.63) is 50.5 Å². The predicted octanol–water partition coefficient (Wildman–Crippen LogP) is 5.44. The monoisotopic (exact) mass is 404 g/mol. The second-order valence-electron chi connectivity index (χ2n) is 3.31. The molecule has 0 unspecified atom stereocenters. The highest BCUT2D eigenvalue weighted by Crippen LogP contribution is 2.37. The lowest BCUT2D eigenvalue weighted by molar-refractivity contribution is 1.37. The van der Waals surface area contributed by atoms with Gasteiger partial charge in [-0.15, -0.1) is 11.8 Å². The predicted molar refractivity (Wildman–Crippen MR) is 84.1 cm³/mol. The van der Waals surface area contributed by atoms with E-state index in [1.165, 1.54) is 19.6 Å². The van der Waals surface area contributed by atoms with Crippen LogP contribution in [0.15, 0.2) is 51.8 Å². The first kappa shape index (κ1) is 12.5. The van der Waals surface area contributed by atoms with Gasteiger partial charge in [0.25, 0.3) is 0 Å². The Bertz CT molecular complexity index is 497. The third kappa shape index (κ3) is 2.46. The van der Waals surface area contributed by atoms with E-state index in [4.69, 9.17) is 0 Å². The van der Waals surface area contributed by atoms with Crippen LogP contribution in [0.3, 0.4) is 0 Å². The minimum absolute atomic E-state index is 1.16. The average molecular weight is 405 g/mol. The summed E-state index contributed by atoms with van der Waals surface area (Å²) in [5, 5.41) is 0. The van der Waals surface area contributed by atoms with Gasteiger partial charge in [-0.1, -0.05) is 36.4 Å². The first-order valence-electron chi connectivity index (χ1n) is 4.81. The van der Waals surface area contributed by atoms with Crippen LogP contribution in [0.1, 0.15) is 0 Å². The van der Waals surface area contributed by atoms with Gasteiger partial charge in [0.15, 0.2) is 0 Å². The molecular formula is C13H10BrIS. The summed E-state index contributed by atoms with van der Waals surface area (Å²) in [5.41, 5.74) is 2.58. The topological polar surface area (TPSA) is 0 Å². The number of hydrogen-bond acceptors (Lipinski definition) is 1. The van der Waals surface area contributed by atoms with E-state index in [9.17, 15) is 0 Å². The Morgan fingerprint density at radius 3 is 2.38 bits per heavy atom. The van der Waals surface area contributed by atoms with Crippen LogP contribution in [0.4, 0.5) is 0 Å². The molecule has 2 aromatic rings. The summed E-state index contributed by atoms with van der Waals surface area (Å²) < 4.78 is 2.45. The third-order valence-corrected chi connectivity index (χ3v) is 6.06. The molecule has 2 rings (SSSR count). The summed E-state index contributed by atoms with van der Waals surface area (Å²) in [4.78, 5) is 1.33. The zero-order chi connectivity index (χ0) is 11.5. The maximum Gasteiger partial charge on any atom is 0.0414 e. The third-order valence-electron chi connectivity index (χ3n) is 2.34. The molecule has 0 nitrogen and oxygen atoms in total. The van der Waals surface area contributed by atoms with Crippen LogP contribution in [0.25, 0.3) is 11.1 Å².